The Morgan fingerprint density at radius 3 is 2.83 bits per heavy atom. The number of benzene rings is 1. The first-order valence-electron chi connectivity index (χ1n) is 6.30. The highest BCUT2D eigenvalue weighted by molar-refractivity contribution is 9.10. The van der Waals surface area contributed by atoms with Gasteiger partial charge in [-0.2, -0.15) is 0 Å². The first kappa shape index (κ1) is 13.5. The van der Waals surface area contributed by atoms with Crippen LogP contribution in [0, 0.1) is 16.0 Å². The maximum absolute atomic E-state index is 10.7. The van der Waals surface area contributed by atoms with Gasteiger partial charge in [-0.3, -0.25) is 10.1 Å². The fraction of sp³-hybridized carbons (Fsp3) is 0.538. The summed E-state index contributed by atoms with van der Waals surface area (Å²) in [5, 5.41) is 14.1. The Hall–Kier alpha value is -0.940. The lowest BCUT2D eigenvalue weighted by Crippen LogP contribution is -2.14. The molecule has 0 aliphatic heterocycles. The first-order chi connectivity index (χ1) is 8.65. The summed E-state index contributed by atoms with van der Waals surface area (Å²) in [6.45, 7) is 1.67. The zero-order valence-corrected chi connectivity index (χ0v) is 11.8. The average molecular weight is 313 g/mol. The summed E-state index contributed by atoms with van der Waals surface area (Å²) in [6, 6.07) is 5.07. The molecule has 1 aliphatic rings. The van der Waals surface area contributed by atoms with E-state index in [0.717, 1.165) is 22.5 Å². The van der Waals surface area contributed by atoms with Crippen LogP contribution in [0.3, 0.4) is 0 Å². The standard InChI is InChI=1S/C13H17BrN2O2/c14-12-6-11(7-13(8-12)16(17)18)9-15-5-1-2-10-3-4-10/h6-8,10,15H,1-5,9H2. The average Bonchev–Trinajstić information content (AvgIpc) is 3.12. The Bertz CT molecular complexity index is 433. The molecule has 1 saturated carbocycles. The summed E-state index contributed by atoms with van der Waals surface area (Å²) in [7, 11) is 0. The van der Waals surface area contributed by atoms with Gasteiger partial charge in [-0.05, 0) is 36.9 Å². The number of nitro benzene ring substituents is 1. The van der Waals surface area contributed by atoms with Crippen molar-refractivity contribution >= 4 is 21.6 Å². The zero-order chi connectivity index (χ0) is 13.0. The summed E-state index contributed by atoms with van der Waals surface area (Å²) in [4.78, 5) is 10.4. The minimum Gasteiger partial charge on any atom is -0.313 e. The van der Waals surface area contributed by atoms with Crippen molar-refractivity contribution in [3.8, 4) is 0 Å². The highest BCUT2D eigenvalue weighted by Crippen LogP contribution is 2.33. The van der Waals surface area contributed by atoms with Crippen LogP contribution in [0.15, 0.2) is 22.7 Å². The maximum atomic E-state index is 10.7. The molecule has 0 spiro atoms. The normalized spacial score (nSPS) is 14.7. The molecule has 98 valence electrons. The summed E-state index contributed by atoms with van der Waals surface area (Å²) >= 11 is 3.30. The number of rotatable bonds is 7. The lowest BCUT2D eigenvalue weighted by atomic mass is 10.2. The predicted molar refractivity (Wildman–Crippen MR) is 74.5 cm³/mol. The SMILES string of the molecule is O=[N+]([O-])c1cc(Br)cc(CNCCCC2CC2)c1. The molecular weight excluding hydrogens is 296 g/mol. The molecule has 1 N–H and O–H groups in total. The van der Waals surface area contributed by atoms with E-state index in [4.69, 9.17) is 0 Å². The molecule has 1 aromatic rings. The van der Waals surface area contributed by atoms with Crippen molar-refractivity contribution in [3.63, 3.8) is 0 Å². The van der Waals surface area contributed by atoms with Gasteiger partial charge in [0.2, 0.25) is 0 Å². The number of nitro groups is 1. The Labute approximate surface area is 115 Å². The summed E-state index contributed by atoms with van der Waals surface area (Å²) in [5.41, 5.74) is 1.08. The Kier molecular flexibility index (Phi) is 4.72. The molecule has 1 fully saturated rings. The highest BCUT2D eigenvalue weighted by Gasteiger charge is 2.19. The van der Waals surface area contributed by atoms with Gasteiger partial charge in [0.1, 0.15) is 0 Å². The molecule has 0 radical (unpaired) electrons. The molecule has 5 heteroatoms. The molecule has 0 aromatic heterocycles. The van der Waals surface area contributed by atoms with Crippen LogP contribution < -0.4 is 5.32 Å². The van der Waals surface area contributed by atoms with Gasteiger partial charge in [0, 0.05) is 23.2 Å². The number of nitrogens with one attached hydrogen (secondary N) is 1. The van der Waals surface area contributed by atoms with E-state index in [0.29, 0.717) is 6.54 Å². The van der Waals surface area contributed by atoms with Crippen molar-refractivity contribution in [2.45, 2.75) is 32.2 Å². The number of hydrogen-bond acceptors (Lipinski definition) is 3. The van der Waals surface area contributed by atoms with Crippen molar-refractivity contribution in [2.24, 2.45) is 5.92 Å². The quantitative estimate of drug-likeness (QED) is 0.475. The van der Waals surface area contributed by atoms with Crippen molar-refractivity contribution < 1.29 is 4.92 Å². The molecule has 0 amide bonds. The first-order valence-corrected chi connectivity index (χ1v) is 7.09. The van der Waals surface area contributed by atoms with Gasteiger partial charge in [0.25, 0.3) is 5.69 Å². The van der Waals surface area contributed by atoms with Crippen molar-refractivity contribution in [2.75, 3.05) is 6.54 Å². The lowest BCUT2D eigenvalue weighted by Gasteiger charge is -2.05. The predicted octanol–water partition coefficient (Wildman–Crippen LogP) is 3.64. The molecule has 0 bridgehead atoms. The molecule has 1 aromatic carbocycles. The molecule has 0 unspecified atom stereocenters. The van der Waals surface area contributed by atoms with E-state index in [-0.39, 0.29) is 10.6 Å². The fourth-order valence-corrected chi connectivity index (χ4v) is 2.52. The summed E-state index contributed by atoms with van der Waals surface area (Å²) in [6.07, 6.45) is 5.31. The van der Waals surface area contributed by atoms with Crippen molar-refractivity contribution in [1.82, 2.24) is 5.32 Å². The molecule has 4 nitrogen and oxygen atoms in total. The van der Waals surface area contributed by atoms with Gasteiger partial charge in [-0.1, -0.05) is 28.8 Å². The van der Waals surface area contributed by atoms with Crippen LogP contribution in [0.25, 0.3) is 0 Å². The van der Waals surface area contributed by atoms with Crippen molar-refractivity contribution in [1.29, 1.82) is 0 Å². The van der Waals surface area contributed by atoms with Gasteiger partial charge < -0.3 is 5.32 Å². The molecule has 1 aliphatic carbocycles. The third kappa shape index (κ3) is 4.38. The van der Waals surface area contributed by atoms with E-state index in [1.165, 1.54) is 31.7 Å². The van der Waals surface area contributed by atoms with E-state index in [2.05, 4.69) is 21.2 Å². The van der Waals surface area contributed by atoms with E-state index in [1.807, 2.05) is 6.07 Å². The lowest BCUT2D eigenvalue weighted by molar-refractivity contribution is -0.385. The van der Waals surface area contributed by atoms with Crippen LogP contribution in [0.4, 0.5) is 5.69 Å². The fourth-order valence-electron chi connectivity index (χ4n) is 2.00. The van der Waals surface area contributed by atoms with Crippen LogP contribution in [-0.4, -0.2) is 11.5 Å². The Morgan fingerprint density at radius 1 is 1.39 bits per heavy atom. The highest BCUT2D eigenvalue weighted by atomic mass is 79.9. The zero-order valence-electron chi connectivity index (χ0n) is 10.2. The van der Waals surface area contributed by atoms with Gasteiger partial charge in [-0.25, -0.2) is 0 Å². The minimum absolute atomic E-state index is 0.138. The minimum atomic E-state index is -0.360. The number of halogens is 1. The van der Waals surface area contributed by atoms with E-state index >= 15 is 0 Å². The second kappa shape index (κ2) is 6.29. The Morgan fingerprint density at radius 2 is 2.17 bits per heavy atom. The molecular formula is C13H17BrN2O2. The monoisotopic (exact) mass is 312 g/mol. The smallest absolute Gasteiger partial charge is 0.270 e. The summed E-state index contributed by atoms with van der Waals surface area (Å²) in [5.74, 6) is 0.971. The van der Waals surface area contributed by atoms with Crippen LogP contribution >= 0.6 is 15.9 Å². The van der Waals surface area contributed by atoms with Crippen LogP contribution in [0.2, 0.25) is 0 Å². The third-order valence-corrected chi connectivity index (χ3v) is 3.60. The van der Waals surface area contributed by atoms with Gasteiger partial charge >= 0.3 is 0 Å². The topological polar surface area (TPSA) is 55.2 Å². The van der Waals surface area contributed by atoms with Crippen LogP contribution in [-0.2, 0) is 6.54 Å². The third-order valence-electron chi connectivity index (χ3n) is 3.15. The second-order valence-electron chi connectivity index (χ2n) is 4.84. The second-order valence-corrected chi connectivity index (χ2v) is 5.75. The number of hydrogen-bond donors (Lipinski definition) is 1. The van der Waals surface area contributed by atoms with E-state index in [1.54, 1.807) is 6.07 Å². The van der Waals surface area contributed by atoms with Crippen LogP contribution in [0.1, 0.15) is 31.2 Å². The van der Waals surface area contributed by atoms with E-state index < -0.39 is 0 Å². The maximum Gasteiger partial charge on any atom is 0.270 e. The number of nitrogens with zero attached hydrogens (tertiary/aromatic N) is 1. The largest absolute Gasteiger partial charge is 0.313 e. The molecule has 2 rings (SSSR count). The van der Waals surface area contributed by atoms with Crippen molar-refractivity contribution in [3.05, 3.63) is 38.3 Å². The van der Waals surface area contributed by atoms with E-state index in [9.17, 15) is 10.1 Å². The number of non-ortho nitro benzene ring substituents is 1. The summed E-state index contributed by atoms with van der Waals surface area (Å²) < 4.78 is 0.756. The Balaban J connectivity index is 1.78. The molecule has 0 heterocycles. The van der Waals surface area contributed by atoms with Crippen LogP contribution in [0.5, 0.6) is 0 Å². The van der Waals surface area contributed by atoms with Gasteiger partial charge in [0.15, 0.2) is 0 Å². The molecule has 0 saturated heterocycles. The molecule has 0 atom stereocenters. The van der Waals surface area contributed by atoms with Gasteiger partial charge in [0.05, 0.1) is 4.92 Å². The molecule has 18 heavy (non-hydrogen) atoms. The van der Waals surface area contributed by atoms with Gasteiger partial charge in [-0.15, -0.1) is 0 Å².